The summed E-state index contributed by atoms with van der Waals surface area (Å²) in [7, 11) is 0. The number of rotatable bonds is 14. The summed E-state index contributed by atoms with van der Waals surface area (Å²) in [5.74, 6) is -0.0874. The molecule has 0 saturated carbocycles. The summed E-state index contributed by atoms with van der Waals surface area (Å²) in [6.07, 6.45) is 1.61. The third-order valence-corrected chi connectivity index (χ3v) is 33.4. The van der Waals surface area contributed by atoms with E-state index in [4.69, 9.17) is 8.83 Å². The van der Waals surface area contributed by atoms with Gasteiger partial charge < -0.3 is 22.9 Å². The van der Waals surface area contributed by atoms with Crippen LogP contribution in [0.4, 0.5) is 17.1 Å². The molecule has 0 fully saturated rings. The monoisotopic (exact) mass is 1850 g/mol. The highest BCUT2D eigenvalue weighted by Crippen LogP contribution is 2.67. The van der Waals surface area contributed by atoms with Crippen molar-refractivity contribution in [3.63, 3.8) is 0 Å². The van der Waals surface area contributed by atoms with Gasteiger partial charge >= 0.3 is 0 Å². The van der Waals surface area contributed by atoms with Crippen molar-refractivity contribution in [3.05, 3.63) is 558 Å². The van der Waals surface area contributed by atoms with Gasteiger partial charge in [0, 0.05) is 71.7 Å². The predicted molar refractivity (Wildman–Crippen MR) is 599 cm³/mol. The summed E-state index contributed by atoms with van der Waals surface area (Å²) in [6, 6.07) is 183. The largest absolute Gasteiger partial charge is 0.456 e. The van der Waals surface area contributed by atoms with Crippen molar-refractivity contribution in [1.82, 2.24) is 9.13 Å². The second kappa shape index (κ2) is 30.9. The van der Waals surface area contributed by atoms with Gasteiger partial charge in [-0.3, -0.25) is 0 Å². The Morgan fingerprint density at radius 2 is 0.641 bits per heavy atom. The van der Waals surface area contributed by atoms with E-state index < -0.39 is 10.8 Å². The third-order valence-electron chi connectivity index (χ3n) is 33.4. The average Bonchev–Trinajstić information content (AvgIpc) is 1.51. The molecular formula is C140H91N3O2. The van der Waals surface area contributed by atoms with Crippen molar-refractivity contribution in [2.24, 2.45) is 0 Å². The Morgan fingerprint density at radius 3 is 1.25 bits per heavy atom. The highest BCUT2D eigenvalue weighted by atomic mass is 16.3. The molecule has 31 rings (SSSR count). The van der Waals surface area contributed by atoms with Gasteiger partial charge in [0.1, 0.15) is 22.3 Å². The van der Waals surface area contributed by atoms with Gasteiger partial charge in [0.05, 0.1) is 49.7 Å². The van der Waals surface area contributed by atoms with Crippen LogP contribution in [0.2, 0.25) is 0 Å². The number of anilines is 3. The zero-order chi connectivity index (χ0) is 95.2. The van der Waals surface area contributed by atoms with E-state index >= 15 is 0 Å². The van der Waals surface area contributed by atoms with Crippen LogP contribution in [0.3, 0.4) is 0 Å². The lowest BCUT2D eigenvalue weighted by molar-refractivity contribution is 0.660. The van der Waals surface area contributed by atoms with E-state index in [1.54, 1.807) is 0 Å². The lowest BCUT2D eigenvalue weighted by Crippen LogP contribution is -2.26. The molecule has 22 aromatic carbocycles. The number of hydrogen-bond donors (Lipinski definition) is 0. The van der Waals surface area contributed by atoms with Crippen LogP contribution >= 0.6 is 0 Å². The fourth-order valence-electron chi connectivity index (χ4n) is 27.3. The smallest absolute Gasteiger partial charge is 0.137 e. The summed E-state index contributed by atoms with van der Waals surface area (Å²) in [6.45, 7) is 4.74. The Balaban J connectivity index is 0.545. The zero-order valence-electron chi connectivity index (χ0n) is 79.8. The Bertz CT molecular complexity index is 9950. The topological polar surface area (TPSA) is 39.4 Å². The van der Waals surface area contributed by atoms with Gasteiger partial charge in [0.15, 0.2) is 0 Å². The molecule has 145 heavy (non-hydrogen) atoms. The summed E-state index contributed by atoms with van der Waals surface area (Å²) in [5, 5.41) is 9.19. The number of nitrogens with zero attached hydrogens (tertiary/aromatic N) is 3. The van der Waals surface area contributed by atoms with Gasteiger partial charge in [-0.15, -0.1) is 0 Å². The maximum absolute atomic E-state index is 7.15. The minimum atomic E-state index is -0.648. The molecule has 0 N–H and O–H groups in total. The quantitative estimate of drug-likeness (QED) is 0.109. The lowest BCUT2D eigenvalue weighted by atomic mass is 9.69. The van der Waals surface area contributed by atoms with Crippen LogP contribution in [0.15, 0.2) is 494 Å². The highest BCUT2D eigenvalue weighted by molar-refractivity contribution is 6.18. The lowest BCUT2D eigenvalue weighted by Gasteiger charge is -2.31. The standard InChI is InChI=1S/C140H91N3O2/c1-138(2)114-45-19-16-41-107(114)136-120(138)51-28-54-128(136)143(96-68-60-87(61-69-96)86-30-6-3-7-31-86)129-55-29-57-133-137(129)113-82-91(67-77-131(113)145-133)89-64-74-126-110(80-89)111-83-92(65-75-127(111)142(126)95-34-10-5-11-35-95)98-43-26-52-121-134(98)108-42-17-24-50-119(108)140(121)118-49-23-15-38-101(118)103-71-59-85(78-122(103)140)58-70-97(93-62-72-104-102-39-14-22-48-117(102)139(123(104)84-93)115-46-20-12-36-99(115)100-37-13-21-47-116(100)139)106-44-27-56-132-135(106)112-81-90(66-76-130(112)144-132)88-63-73-125-109(79-88)105-40-18-25-53-124(105)141(125)94-32-8-4-9-33-94/h3-57,59-69,71-84,97H,58,70H2,1-2H3. The van der Waals surface area contributed by atoms with Crippen LogP contribution in [0, 0.1) is 0 Å². The first kappa shape index (κ1) is 81.7. The van der Waals surface area contributed by atoms with Crippen molar-refractivity contribution in [2.75, 3.05) is 4.90 Å². The van der Waals surface area contributed by atoms with Crippen molar-refractivity contribution >= 4 is 105 Å². The minimum absolute atomic E-state index is 0.0874. The predicted octanol–water partition coefficient (Wildman–Crippen LogP) is 36.6. The second-order valence-corrected chi connectivity index (χ2v) is 40.9. The summed E-state index contributed by atoms with van der Waals surface area (Å²) >= 11 is 0. The van der Waals surface area contributed by atoms with E-state index in [2.05, 4.69) is 513 Å². The molecule has 0 radical (unpaired) electrons. The van der Waals surface area contributed by atoms with Gasteiger partial charge in [0.25, 0.3) is 0 Å². The van der Waals surface area contributed by atoms with Gasteiger partial charge in [-0.25, -0.2) is 0 Å². The fourth-order valence-corrected chi connectivity index (χ4v) is 27.3. The Labute approximate surface area is 839 Å². The van der Waals surface area contributed by atoms with E-state index in [9.17, 15) is 0 Å². The molecule has 2 spiro atoms. The molecule has 5 heteroatoms. The molecule has 4 aromatic heterocycles. The number of para-hydroxylation sites is 3. The molecule has 5 aliphatic carbocycles. The molecule has 4 heterocycles. The van der Waals surface area contributed by atoms with Crippen LogP contribution in [-0.4, -0.2) is 9.13 Å². The number of aromatic nitrogens is 2. The van der Waals surface area contributed by atoms with E-state index in [0.717, 1.165) is 118 Å². The molecule has 678 valence electrons. The SMILES string of the molecule is CC1(C)c2ccccc2-c2c(N(c3ccc(-c4ccccc4)cc3)c3cccc4oc5ccc(-c6ccc7c(c6)c6cc(-c8cccc9c8-c8ccccc8C98c9ccccc9-c9ccc(CCC(c%10ccc%11c(c%10)C%10(c%12ccccc%12-c%12ccccc%12%10)c%10ccccc%10-%11)c%10cccc%11oc%12ccc(-c%13ccc%14c(c%13)c%13ccccc%13n%14-c%13ccccc%13)cc%12c%10%11)cc98)ccc6n7-c6ccccc6)cc5c34)cccc21. The van der Waals surface area contributed by atoms with E-state index in [1.807, 2.05) is 0 Å². The Morgan fingerprint density at radius 1 is 0.241 bits per heavy atom. The fraction of sp³-hybridized carbons (Fsp3) is 0.0571. The molecule has 2 atom stereocenters. The van der Waals surface area contributed by atoms with Crippen LogP contribution in [0.1, 0.15) is 98.5 Å². The Hall–Kier alpha value is -18.2. The minimum Gasteiger partial charge on any atom is -0.456 e. The van der Waals surface area contributed by atoms with Crippen LogP contribution in [0.5, 0.6) is 0 Å². The van der Waals surface area contributed by atoms with Crippen molar-refractivity contribution in [3.8, 4) is 112 Å². The maximum Gasteiger partial charge on any atom is 0.137 e. The van der Waals surface area contributed by atoms with Crippen LogP contribution in [0.25, 0.3) is 199 Å². The van der Waals surface area contributed by atoms with Gasteiger partial charge in [0.2, 0.25) is 0 Å². The van der Waals surface area contributed by atoms with Gasteiger partial charge in [-0.05, 0) is 307 Å². The summed E-state index contributed by atoms with van der Waals surface area (Å²) in [5.41, 5.74) is 51.3. The van der Waals surface area contributed by atoms with E-state index in [-0.39, 0.29) is 11.3 Å². The zero-order valence-corrected chi connectivity index (χ0v) is 79.8. The number of aryl methyl sites for hydroxylation is 1. The summed E-state index contributed by atoms with van der Waals surface area (Å²) in [4.78, 5) is 2.49. The molecule has 0 saturated heterocycles. The second-order valence-electron chi connectivity index (χ2n) is 40.9. The highest BCUT2D eigenvalue weighted by Gasteiger charge is 2.54. The number of fused-ring (bicyclic) bond motifs is 35. The first-order chi connectivity index (χ1) is 71.7. The van der Waals surface area contributed by atoms with E-state index in [0.29, 0.717) is 0 Å². The molecule has 26 aromatic rings. The number of hydrogen-bond acceptors (Lipinski definition) is 3. The first-order valence-electron chi connectivity index (χ1n) is 50.9. The maximum atomic E-state index is 7.15. The van der Waals surface area contributed by atoms with Gasteiger partial charge in [-0.2, -0.15) is 0 Å². The Kier molecular flexibility index (Phi) is 17.4. The van der Waals surface area contributed by atoms with Crippen molar-refractivity contribution in [2.45, 2.75) is 48.9 Å². The van der Waals surface area contributed by atoms with Crippen LogP contribution in [-0.2, 0) is 22.7 Å². The molecule has 2 unspecified atom stereocenters. The molecule has 0 amide bonds. The summed E-state index contributed by atoms with van der Waals surface area (Å²) < 4.78 is 19.0. The molecule has 5 aliphatic rings. The normalized spacial score (nSPS) is 14.6. The number of furan rings is 2. The van der Waals surface area contributed by atoms with Crippen molar-refractivity contribution in [1.29, 1.82) is 0 Å². The van der Waals surface area contributed by atoms with E-state index in [1.165, 1.54) is 183 Å². The molecular weight excluding hydrogens is 1760 g/mol. The van der Waals surface area contributed by atoms with Crippen LogP contribution < -0.4 is 4.90 Å². The molecule has 0 aliphatic heterocycles. The third kappa shape index (κ3) is 11.5. The number of benzene rings is 22. The average molecular weight is 1850 g/mol. The van der Waals surface area contributed by atoms with Gasteiger partial charge in [-0.1, -0.05) is 372 Å². The van der Waals surface area contributed by atoms with Crippen molar-refractivity contribution < 1.29 is 8.83 Å². The molecule has 0 bridgehead atoms. The molecule has 5 nitrogen and oxygen atoms in total. The first-order valence-corrected chi connectivity index (χ1v) is 50.9.